The molecule has 0 atom stereocenters. The van der Waals surface area contributed by atoms with Crippen LogP contribution in [0, 0.1) is 0 Å². The van der Waals surface area contributed by atoms with E-state index in [0.717, 1.165) is 4.47 Å². The van der Waals surface area contributed by atoms with Crippen molar-refractivity contribution in [3.63, 3.8) is 0 Å². The molecule has 0 amide bonds. The van der Waals surface area contributed by atoms with Crippen molar-refractivity contribution in [3.05, 3.63) is 69.3 Å². The molecule has 0 saturated carbocycles. The summed E-state index contributed by atoms with van der Waals surface area (Å²) in [4.78, 5) is 23.3. The van der Waals surface area contributed by atoms with Gasteiger partial charge in [0.25, 0.3) is 0 Å². The normalized spacial score (nSPS) is 10.6. The zero-order chi connectivity index (χ0) is 18.1. The van der Waals surface area contributed by atoms with Gasteiger partial charge in [-0.15, -0.1) is 0 Å². The first-order chi connectivity index (χ1) is 11.9. The van der Waals surface area contributed by atoms with E-state index in [1.54, 1.807) is 48.5 Å². The standard InChI is InChI=1S/C17H10BrClN2O4/c18-10-4-1-3-9(7-10)15-13(16(22)23)14(17(24)25)20-21(15)12-6-2-5-11(19)8-12/h1-8H,(H,22,23)(H,24,25). The molecule has 0 spiro atoms. The van der Waals surface area contributed by atoms with Crippen molar-refractivity contribution in [2.45, 2.75) is 0 Å². The minimum atomic E-state index is -1.42. The number of aromatic nitrogens is 2. The first kappa shape index (κ1) is 17.2. The van der Waals surface area contributed by atoms with Crippen molar-refractivity contribution in [3.8, 4) is 16.9 Å². The highest BCUT2D eigenvalue weighted by Gasteiger charge is 2.29. The summed E-state index contributed by atoms with van der Waals surface area (Å²) in [6.45, 7) is 0. The third kappa shape index (κ3) is 3.29. The molecule has 2 aromatic carbocycles. The lowest BCUT2D eigenvalue weighted by Crippen LogP contribution is -2.07. The van der Waals surface area contributed by atoms with E-state index in [1.165, 1.54) is 4.68 Å². The number of carboxylic acid groups (broad SMARTS) is 2. The molecular formula is C17H10BrClN2O4. The second-order valence-electron chi connectivity index (χ2n) is 5.08. The molecular weight excluding hydrogens is 412 g/mol. The van der Waals surface area contributed by atoms with Crippen LogP contribution in [-0.4, -0.2) is 31.9 Å². The average Bonchev–Trinajstić information content (AvgIpc) is 2.96. The molecule has 0 saturated heterocycles. The quantitative estimate of drug-likeness (QED) is 0.653. The summed E-state index contributed by atoms with van der Waals surface area (Å²) >= 11 is 9.34. The molecule has 0 unspecified atom stereocenters. The molecule has 3 aromatic rings. The van der Waals surface area contributed by atoms with Crippen molar-refractivity contribution in [2.24, 2.45) is 0 Å². The number of carbonyl (C=O) groups is 2. The van der Waals surface area contributed by atoms with Crippen LogP contribution >= 0.6 is 27.5 Å². The summed E-state index contributed by atoms with van der Waals surface area (Å²) in [7, 11) is 0. The fourth-order valence-electron chi connectivity index (χ4n) is 2.47. The van der Waals surface area contributed by atoms with E-state index >= 15 is 0 Å². The molecule has 6 nitrogen and oxygen atoms in total. The Morgan fingerprint density at radius 1 is 1.04 bits per heavy atom. The van der Waals surface area contributed by atoms with Crippen LogP contribution in [0.15, 0.2) is 53.0 Å². The summed E-state index contributed by atoms with van der Waals surface area (Å²) in [5.74, 6) is -2.80. The van der Waals surface area contributed by atoms with Gasteiger partial charge in [0.2, 0.25) is 0 Å². The first-order valence-electron chi connectivity index (χ1n) is 7.00. The zero-order valence-corrected chi connectivity index (χ0v) is 14.8. The predicted octanol–water partition coefficient (Wildman–Crippen LogP) is 4.35. The topological polar surface area (TPSA) is 92.4 Å². The van der Waals surface area contributed by atoms with Crippen LogP contribution in [0.1, 0.15) is 20.8 Å². The van der Waals surface area contributed by atoms with Crippen molar-refractivity contribution < 1.29 is 19.8 Å². The fourth-order valence-corrected chi connectivity index (χ4v) is 3.05. The van der Waals surface area contributed by atoms with Crippen LogP contribution in [0.25, 0.3) is 16.9 Å². The van der Waals surface area contributed by atoms with Gasteiger partial charge in [0, 0.05) is 15.1 Å². The van der Waals surface area contributed by atoms with Crippen molar-refractivity contribution in [2.75, 3.05) is 0 Å². The molecule has 0 aliphatic heterocycles. The molecule has 3 rings (SSSR count). The highest BCUT2D eigenvalue weighted by Crippen LogP contribution is 2.31. The Morgan fingerprint density at radius 3 is 2.36 bits per heavy atom. The van der Waals surface area contributed by atoms with Gasteiger partial charge in [-0.3, -0.25) is 0 Å². The van der Waals surface area contributed by atoms with Crippen molar-refractivity contribution >= 4 is 39.5 Å². The van der Waals surface area contributed by atoms with Gasteiger partial charge >= 0.3 is 11.9 Å². The van der Waals surface area contributed by atoms with Crippen LogP contribution in [0.3, 0.4) is 0 Å². The summed E-state index contributed by atoms with van der Waals surface area (Å²) in [6, 6.07) is 13.4. The fraction of sp³-hybridized carbons (Fsp3) is 0. The van der Waals surface area contributed by atoms with Gasteiger partial charge in [-0.25, -0.2) is 14.3 Å². The molecule has 0 aliphatic rings. The number of hydrogen-bond donors (Lipinski definition) is 2. The number of rotatable bonds is 4. The number of carboxylic acids is 2. The molecule has 126 valence electrons. The monoisotopic (exact) mass is 420 g/mol. The number of aromatic carboxylic acids is 2. The Hall–Kier alpha value is -2.64. The molecule has 0 bridgehead atoms. The predicted molar refractivity (Wildman–Crippen MR) is 95.6 cm³/mol. The van der Waals surface area contributed by atoms with E-state index < -0.39 is 17.6 Å². The second-order valence-corrected chi connectivity index (χ2v) is 6.44. The lowest BCUT2D eigenvalue weighted by Gasteiger charge is -2.09. The van der Waals surface area contributed by atoms with Gasteiger partial charge in [0.15, 0.2) is 5.69 Å². The van der Waals surface area contributed by atoms with E-state index in [9.17, 15) is 19.8 Å². The summed E-state index contributed by atoms with van der Waals surface area (Å²) < 4.78 is 2.00. The number of benzene rings is 2. The minimum absolute atomic E-state index is 0.161. The van der Waals surface area contributed by atoms with E-state index in [2.05, 4.69) is 21.0 Å². The highest BCUT2D eigenvalue weighted by atomic mass is 79.9. The third-order valence-corrected chi connectivity index (χ3v) is 4.18. The average molecular weight is 422 g/mol. The first-order valence-corrected chi connectivity index (χ1v) is 8.17. The maximum Gasteiger partial charge on any atom is 0.357 e. The van der Waals surface area contributed by atoms with E-state index in [-0.39, 0.29) is 11.3 Å². The molecule has 0 fully saturated rings. The second kappa shape index (κ2) is 6.70. The van der Waals surface area contributed by atoms with E-state index in [4.69, 9.17) is 11.6 Å². The Balaban J connectivity index is 2.40. The smallest absolute Gasteiger partial charge is 0.357 e. The lowest BCUT2D eigenvalue weighted by atomic mass is 10.1. The Labute approximate surface area is 155 Å². The van der Waals surface area contributed by atoms with E-state index in [0.29, 0.717) is 16.3 Å². The molecule has 0 radical (unpaired) electrons. The van der Waals surface area contributed by atoms with Gasteiger partial charge in [0.1, 0.15) is 5.56 Å². The molecule has 1 heterocycles. The molecule has 8 heteroatoms. The van der Waals surface area contributed by atoms with Crippen LogP contribution in [-0.2, 0) is 0 Å². The number of halogens is 2. The Kier molecular flexibility index (Phi) is 4.61. The number of hydrogen-bond acceptors (Lipinski definition) is 3. The summed E-state index contributed by atoms with van der Waals surface area (Å²) in [6.07, 6.45) is 0. The SMILES string of the molecule is O=C(O)c1nn(-c2cccc(Cl)c2)c(-c2cccc(Br)c2)c1C(=O)O. The largest absolute Gasteiger partial charge is 0.478 e. The van der Waals surface area contributed by atoms with Gasteiger partial charge in [0.05, 0.1) is 11.4 Å². The van der Waals surface area contributed by atoms with Crippen molar-refractivity contribution in [1.29, 1.82) is 0 Å². The van der Waals surface area contributed by atoms with Crippen LogP contribution in [0.2, 0.25) is 5.02 Å². The van der Waals surface area contributed by atoms with E-state index in [1.807, 2.05) is 0 Å². The van der Waals surface area contributed by atoms with Gasteiger partial charge < -0.3 is 10.2 Å². The molecule has 1 aromatic heterocycles. The van der Waals surface area contributed by atoms with Gasteiger partial charge in [-0.1, -0.05) is 45.7 Å². The lowest BCUT2D eigenvalue weighted by molar-refractivity contribution is 0.0648. The van der Waals surface area contributed by atoms with Crippen LogP contribution in [0.4, 0.5) is 0 Å². The molecule has 2 N–H and O–H groups in total. The summed E-state index contributed by atoms with van der Waals surface area (Å²) in [5.41, 5.74) is 0.200. The maximum absolute atomic E-state index is 11.8. The Morgan fingerprint density at radius 2 is 1.76 bits per heavy atom. The van der Waals surface area contributed by atoms with Crippen LogP contribution < -0.4 is 0 Å². The van der Waals surface area contributed by atoms with Gasteiger partial charge in [-0.05, 0) is 30.3 Å². The van der Waals surface area contributed by atoms with Crippen LogP contribution in [0.5, 0.6) is 0 Å². The molecule has 0 aliphatic carbocycles. The maximum atomic E-state index is 11.8. The summed E-state index contributed by atoms with van der Waals surface area (Å²) in [5, 5.41) is 23.4. The third-order valence-electron chi connectivity index (χ3n) is 3.45. The zero-order valence-electron chi connectivity index (χ0n) is 12.5. The number of nitrogens with zero attached hydrogens (tertiary/aromatic N) is 2. The minimum Gasteiger partial charge on any atom is -0.478 e. The van der Waals surface area contributed by atoms with Gasteiger partial charge in [-0.2, -0.15) is 5.10 Å². The molecule has 25 heavy (non-hydrogen) atoms. The Bertz CT molecular complexity index is 1000. The van der Waals surface area contributed by atoms with Crippen molar-refractivity contribution in [1.82, 2.24) is 9.78 Å². The highest BCUT2D eigenvalue weighted by molar-refractivity contribution is 9.10.